The van der Waals surface area contributed by atoms with E-state index >= 15 is 0 Å². The number of carbonyl (C=O) groups excluding carboxylic acids is 1. The van der Waals surface area contributed by atoms with Crippen molar-refractivity contribution in [2.45, 2.75) is 51.7 Å². The predicted octanol–water partition coefficient (Wildman–Crippen LogP) is 2.25. The van der Waals surface area contributed by atoms with Gasteiger partial charge in [-0.25, -0.2) is 4.98 Å². The number of likely N-dealkylation sites (tertiary alicyclic amines) is 1. The summed E-state index contributed by atoms with van der Waals surface area (Å²) < 4.78 is 1.42. The third-order valence-corrected chi connectivity index (χ3v) is 5.06. The zero-order valence-corrected chi connectivity index (χ0v) is 13.1. The smallest absolute Gasteiger partial charge is 0.262 e. The summed E-state index contributed by atoms with van der Waals surface area (Å²) in [6.45, 7) is 4.24. The largest absolute Gasteiger partial charge is 0.336 e. The van der Waals surface area contributed by atoms with E-state index in [2.05, 4.69) is 18.8 Å². The van der Waals surface area contributed by atoms with E-state index in [1.165, 1.54) is 22.2 Å². The summed E-state index contributed by atoms with van der Waals surface area (Å²) in [6, 6.07) is 2.26. The number of rotatable bonds is 2. The lowest BCUT2D eigenvalue weighted by Gasteiger charge is -2.39. The van der Waals surface area contributed by atoms with Gasteiger partial charge in [-0.1, -0.05) is 0 Å². The fourth-order valence-corrected chi connectivity index (χ4v) is 3.87. The molecule has 0 radical (unpaired) electrons. The van der Waals surface area contributed by atoms with Crippen molar-refractivity contribution in [3.05, 3.63) is 28.1 Å². The van der Waals surface area contributed by atoms with Crippen LogP contribution in [0.5, 0.6) is 0 Å². The van der Waals surface area contributed by atoms with Crippen LogP contribution in [0.3, 0.4) is 0 Å². The molecular weight excluding hydrogens is 286 g/mol. The first-order chi connectivity index (χ1) is 10.1. The Labute approximate surface area is 127 Å². The molecule has 112 valence electrons. The Hall–Kier alpha value is -1.69. The number of hydrogen-bond donors (Lipinski definition) is 0. The topological polar surface area (TPSA) is 55.2 Å². The zero-order valence-electron chi connectivity index (χ0n) is 12.3. The Kier molecular flexibility index (Phi) is 3.80. The molecule has 21 heavy (non-hydrogen) atoms. The average molecular weight is 305 g/mol. The van der Waals surface area contributed by atoms with E-state index in [-0.39, 0.29) is 30.1 Å². The third kappa shape index (κ3) is 2.60. The molecule has 0 saturated carbocycles. The maximum absolute atomic E-state index is 12.6. The Balaban J connectivity index is 1.85. The summed E-state index contributed by atoms with van der Waals surface area (Å²) in [5.41, 5.74) is -0.132. The second-order valence-corrected chi connectivity index (χ2v) is 6.64. The van der Waals surface area contributed by atoms with E-state index in [1.54, 1.807) is 6.07 Å². The van der Waals surface area contributed by atoms with Crippen molar-refractivity contribution in [3.63, 3.8) is 0 Å². The number of piperidine rings is 1. The van der Waals surface area contributed by atoms with E-state index in [0.29, 0.717) is 5.39 Å². The SMILES string of the molecule is C[C@@H]1CCC[C@H](C)N1C(=O)Cn1cnc2sccc2c1=O. The number of nitrogens with zero attached hydrogens (tertiary/aromatic N) is 3. The Morgan fingerprint density at radius 3 is 2.81 bits per heavy atom. The van der Waals surface area contributed by atoms with Gasteiger partial charge in [0.1, 0.15) is 11.4 Å². The molecule has 1 aliphatic heterocycles. The molecule has 2 aromatic heterocycles. The number of amides is 1. The molecule has 2 atom stereocenters. The molecule has 0 bridgehead atoms. The number of thiophene rings is 1. The maximum atomic E-state index is 12.6. The highest BCUT2D eigenvalue weighted by atomic mass is 32.1. The van der Waals surface area contributed by atoms with Crippen molar-refractivity contribution in [2.24, 2.45) is 0 Å². The molecule has 1 amide bonds. The van der Waals surface area contributed by atoms with E-state index in [4.69, 9.17) is 0 Å². The van der Waals surface area contributed by atoms with Gasteiger partial charge in [0.05, 0.1) is 11.7 Å². The van der Waals surface area contributed by atoms with Crippen LogP contribution in [0.25, 0.3) is 10.2 Å². The summed E-state index contributed by atoms with van der Waals surface area (Å²) in [5.74, 6) is 0.00757. The summed E-state index contributed by atoms with van der Waals surface area (Å²) in [7, 11) is 0. The molecule has 1 saturated heterocycles. The summed E-state index contributed by atoms with van der Waals surface area (Å²) in [4.78, 5) is 31.8. The molecular formula is C15H19N3O2S. The molecule has 0 aromatic carbocycles. The van der Waals surface area contributed by atoms with Gasteiger partial charge in [-0.15, -0.1) is 11.3 Å². The lowest BCUT2D eigenvalue weighted by atomic mass is 9.97. The number of hydrogen-bond acceptors (Lipinski definition) is 4. The van der Waals surface area contributed by atoms with Gasteiger partial charge in [0.2, 0.25) is 5.91 Å². The van der Waals surface area contributed by atoms with Crippen molar-refractivity contribution in [2.75, 3.05) is 0 Å². The molecule has 6 heteroatoms. The van der Waals surface area contributed by atoms with Crippen LogP contribution in [0, 0.1) is 0 Å². The second-order valence-electron chi connectivity index (χ2n) is 5.75. The van der Waals surface area contributed by atoms with Gasteiger partial charge in [0, 0.05) is 12.1 Å². The molecule has 0 N–H and O–H groups in total. The van der Waals surface area contributed by atoms with E-state index < -0.39 is 0 Å². The average Bonchev–Trinajstić information content (AvgIpc) is 2.91. The fraction of sp³-hybridized carbons (Fsp3) is 0.533. The molecule has 0 aliphatic carbocycles. The lowest BCUT2D eigenvalue weighted by molar-refractivity contribution is -0.138. The van der Waals surface area contributed by atoms with Gasteiger partial charge in [-0.3, -0.25) is 14.2 Å². The van der Waals surface area contributed by atoms with Crippen LogP contribution in [0.4, 0.5) is 0 Å². The van der Waals surface area contributed by atoms with Crippen LogP contribution >= 0.6 is 11.3 Å². The molecule has 5 nitrogen and oxygen atoms in total. The maximum Gasteiger partial charge on any atom is 0.262 e. The molecule has 3 heterocycles. The van der Waals surface area contributed by atoms with Gasteiger partial charge in [0.25, 0.3) is 5.56 Å². The highest BCUT2D eigenvalue weighted by molar-refractivity contribution is 7.16. The van der Waals surface area contributed by atoms with Crippen LogP contribution in [0.2, 0.25) is 0 Å². The zero-order chi connectivity index (χ0) is 15.0. The predicted molar refractivity (Wildman–Crippen MR) is 83.5 cm³/mol. The van der Waals surface area contributed by atoms with Gasteiger partial charge in [-0.2, -0.15) is 0 Å². The molecule has 0 unspecified atom stereocenters. The number of carbonyl (C=O) groups is 1. The van der Waals surface area contributed by atoms with Crippen molar-refractivity contribution >= 4 is 27.5 Å². The van der Waals surface area contributed by atoms with Crippen LogP contribution in [0.15, 0.2) is 22.6 Å². The lowest BCUT2D eigenvalue weighted by Crippen LogP contribution is -2.49. The van der Waals surface area contributed by atoms with Gasteiger partial charge in [0.15, 0.2) is 0 Å². The minimum absolute atomic E-state index is 0.00757. The van der Waals surface area contributed by atoms with Crippen molar-refractivity contribution in [3.8, 4) is 0 Å². The Bertz CT molecular complexity index is 711. The second kappa shape index (κ2) is 5.60. The highest BCUT2D eigenvalue weighted by Crippen LogP contribution is 2.22. The summed E-state index contributed by atoms with van der Waals surface area (Å²) in [5, 5.41) is 2.44. The van der Waals surface area contributed by atoms with Gasteiger partial charge in [-0.05, 0) is 44.6 Å². The minimum Gasteiger partial charge on any atom is -0.336 e. The van der Waals surface area contributed by atoms with Crippen molar-refractivity contribution in [1.82, 2.24) is 14.5 Å². The molecule has 1 aliphatic rings. The first kappa shape index (κ1) is 14.3. The third-order valence-electron chi connectivity index (χ3n) is 4.24. The summed E-state index contributed by atoms with van der Waals surface area (Å²) in [6.07, 6.45) is 4.71. The van der Waals surface area contributed by atoms with Crippen molar-refractivity contribution < 1.29 is 4.79 Å². The quantitative estimate of drug-likeness (QED) is 0.855. The number of fused-ring (bicyclic) bond motifs is 1. The van der Waals surface area contributed by atoms with Crippen LogP contribution in [0.1, 0.15) is 33.1 Å². The standard InChI is InChI=1S/C15H19N3O2S/c1-10-4-3-5-11(2)18(10)13(19)8-17-9-16-14-12(15(17)20)6-7-21-14/h6-7,9-11H,3-5,8H2,1-2H3/t10-,11+. The van der Waals surface area contributed by atoms with Gasteiger partial charge >= 0.3 is 0 Å². The molecule has 3 rings (SSSR count). The number of aromatic nitrogens is 2. The molecule has 2 aromatic rings. The van der Waals surface area contributed by atoms with Crippen LogP contribution < -0.4 is 5.56 Å². The summed E-state index contributed by atoms with van der Waals surface area (Å²) >= 11 is 1.44. The van der Waals surface area contributed by atoms with Crippen LogP contribution in [-0.2, 0) is 11.3 Å². The fourth-order valence-electron chi connectivity index (χ4n) is 3.15. The van der Waals surface area contributed by atoms with Crippen LogP contribution in [-0.4, -0.2) is 32.4 Å². The highest BCUT2D eigenvalue weighted by Gasteiger charge is 2.29. The Morgan fingerprint density at radius 2 is 2.10 bits per heavy atom. The van der Waals surface area contributed by atoms with E-state index in [1.807, 2.05) is 10.3 Å². The van der Waals surface area contributed by atoms with Gasteiger partial charge < -0.3 is 4.90 Å². The Morgan fingerprint density at radius 1 is 1.38 bits per heavy atom. The van der Waals surface area contributed by atoms with E-state index in [9.17, 15) is 9.59 Å². The first-order valence-corrected chi connectivity index (χ1v) is 8.19. The van der Waals surface area contributed by atoms with E-state index in [0.717, 1.165) is 24.1 Å². The minimum atomic E-state index is -0.132. The monoisotopic (exact) mass is 305 g/mol. The molecule has 0 spiro atoms. The normalized spacial score (nSPS) is 22.7. The van der Waals surface area contributed by atoms with Crippen molar-refractivity contribution in [1.29, 1.82) is 0 Å². The first-order valence-electron chi connectivity index (χ1n) is 7.31. The molecule has 1 fully saturated rings.